The first-order chi connectivity index (χ1) is 12.1. The number of hydrogen-bond acceptors (Lipinski definition) is 6. The zero-order chi connectivity index (χ0) is 17.6. The van der Waals surface area contributed by atoms with Crippen molar-refractivity contribution in [3.05, 3.63) is 47.0 Å². The number of aryl methyl sites for hydroxylation is 1. The number of fused-ring (bicyclic) bond motifs is 2. The van der Waals surface area contributed by atoms with Gasteiger partial charge in [-0.25, -0.2) is 9.50 Å². The molecule has 0 amide bonds. The van der Waals surface area contributed by atoms with E-state index in [4.69, 9.17) is 9.47 Å². The summed E-state index contributed by atoms with van der Waals surface area (Å²) < 4.78 is 12.3. The van der Waals surface area contributed by atoms with E-state index in [1.54, 1.807) is 31.9 Å². The monoisotopic (exact) mass is 338 g/mol. The van der Waals surface area contributed by atoms with Gasteiger partial charge < -0.3 is 9.47 Å². The Hall–Kier alpha value is -2.96. The van der Waals surface area contributed by atoms with Crippen molar-refractivity contribution in [1.82, 2.24) is 19.6 Å². The lowest BCUT2D eigenvalue weighted by molar-refractivity contribution is 0.0962. The van der Waals surface area contributed by atoms with Gasteiger partial charge in [-0.15, -0.1) is 0 Å². The molecule has 0 bridgehead atoms. The summed E-state index contributed by atoms with van der Waals surface area (Å²) >= 11 is 0. The molecule has 0 spiro atoms. The number of hydrogen-bond donors (Lipinski definition) is 0. The molecular formula is C18H18N4O3. The van der Waals surface area contributed by atoms with Gasteiger partial charge in [-0.05, 0) is 25.0 Å². The van der Waals surface area contributed by atoms with Gasteiger partial charge in [-0.3, -0.25) is 4.79 Å². The Morgan fingerprint density at radius 2 is 2.00 bits per heavy atom. The molecule has 0 N–H and O–H groups in total. The molecule has 2 heterocycles. The van der Waals surface area contributed by atoms with Gasteiger partial charge in [0.05, 0.1) is 25.5 Å². The molecule has 2 aromatic heterocycles. The van der Waals surface area contributed by atoms with Gasteiger partial charge >= 0.3 is 0 Å². The number of ketones is 1. The summed E-state index contributed by atoms with van der Waals surface area (Å²) in [6.45, 7) is 1.81. The summed E-state index contributed by atoms with van der Waals surface area (Å²) in [5.41, 5.74) is 2.38. The lowest BCUT2D eigenvalue weighted by atomic mass is 9.82. The van der Waals surface area contributed by atoms with Crippen molar-refractivity contribution < 1.29 is 14.3 Å². The first kappa shape index (κ1) is 15.6. The van der Waals surface area contributed by atoms with E-state index in [0.717, 1.165) is 22.8 Å². The molecule has 128 valence electrons. The van der Waals surface area contributed by atoms with Crippen LogP contribution in [0.3, 0.4) is 0 Å². The van der Waals surface area contributed by atoms with Crippen molar-refractivity contribution in [2.45, 2.75) is 25.7 Å². The van der Waals surface area contributed by atoms with Crippen LogP contribution in [-0.2, 0) is 6.42 Å². The molecule has 7 nitrogen and oxygen atoms in total. The van der Waals surface area contributed by atoms with Crippen molar-refractivity contribution in [1.29, 1.82) is 0 Å². The third-order valence-electron chi connectivity index (χ3n) is 4.57. The maximum absolute atomic E-state index is 12.7. The predicted molar refractivity (Wildman–Crippen MR) is 90.5 cm³/mol. The second-order valence-corrected chi connectivity index (χ2v) is 6.14. The third kappa shape index (κ3) is 2.61. The minimum absolute atomic E-state index is 0.0137. The topological polar surface area (TPSA) is 78.6 Å². The average molecular weight is 338 g/mol. The van der Waals surface area contributed by atoms with Gasteiger partial charge in [0.1, 0.15) is 17.3 Å². The summed E-state index contributed by atoms with van der Waals surface area (Å²) in [6, 6.07) is 5.69. The smallest absolute Gasteiger partial charge is 0.252 e. The molecule has 3 aromatic rings. The fourth-order valence-electron chi connectivity index (χ4n) is 3.36. The largest absolute Gasteiger partial charge is 0.497 e. The normalized spacial score (nSPS) is 16.8. The van der Waals surface area contributed by atoms with Crippen LogP contribution in [0.15, 0.2) is 24.4 Å². The number of methoxy groups -OCH3 is 2. The highest BCUT2D eigenvalue weighted by Gasteiger charge is 2.30. The van der Waals surface area contributed by atoms with Crippen LogP contribution in [0.4, 0.5) is 0 Å². The number of benzene rings is 1. The second-order valence-electron chi connectivity index (χ2n) is 6.14. The van der Waals surface area contributed by atoms with Crippen LogP contribution in [0.2, 0.25) is 0 Å². The van der Waals surface area contributed by atoms with Gasteiger partial charge in [-0.1, -0.05) is 6.07 Å². The van der Waals surface area contributed by atoms with Crippen molar-refractivity contribution >= 4 is 11.6 Å². The molecule has 0 saturated heterocycles. The number of rotatable bonds is 3. The van der Waals surface area contributed by atoms with Crippen LogP contribution in [-0.4, -0.2) is 39.6 Å². The number of carbonyl (C=O) groups is 1. The third-order valence-corrected chi connectivity index (χ3v) is 4.57. The molecule has 1 unspecified atom stereocenters. The van der Waals surface area contributed by atoms with Crippen LogP contribution < -0.4 is 9.47 Å². The standard InChI is InChI=1S/C18H18N4O3/c1-10-19-18-20-15-6-11(7-16(23)14(15)9-22(18)21-10)13-5-4-12(24-2)8-17(13)25-3/h4-5,8-9,11H,6-7H2,1-3H3. The van der Waals surface area contributed by atoms with Gasteiger partial charge in [0, 0.05) is 24.6 Å². The Bertz CT molecular complexity index is 980. The fourth-order valence-corrected chi connectivity index (χ4v) is 3.36. The highest BCUT2D eigenvalue weighted by atomic mass is 16.5. The highest BCUT2D eigenvalue weighted by molar-refractivity contribution is 5.98. The van der Waals surface area contributed by atoms with Gasteiger partial charge in [0.2, 0.25) is 0 Å². The molecule has 1 atom stereocenters. The molecular weight excluding hydrogens is 320 g/mol. The number of nitrogens with zero attached hydrogens (tertiary/aromatic N) is 4. The van der Waals surface area contributed by atoms with Gasteiger partial charge in [0.15, 0.2) is 5.78 Å². The summed E-state index contributed by atoms with van der Waals surface area (Å²) in [5, 5.41) is 4.24. The van der Waals surface area contributed by atoms with Crippen molar-refractivity contribution in [2.24, 2.45) is 0 Å². The Morgan fingerprint density at radius 1 is 1.16 bits per heavy atom. The van der Waals surface area contributed by atoms with Crippen LogP contribution in [0, 0.1) is 6.92 Å². The van der Waals surface area contributed by atoms with E-state index < -0.39 is 0 Å². The van der Waals surface area contributed by atoms with Crippen molar-refractivity contribution in [3.63, 3.8) is 0 Å². The predicted octanol–water partition coefficient (Wildman–Crippen LogP) is 2.36. The van der Waals surface area contributed by atoms with E-state index in [1.807, 2.05) is 18.2 Å². The minimum Gasteiger partial charge on any atom is -0.497 e. The number of ether oxygens (including phenoxy) is 2. The Kier molecular flexibility index (Phi) is 3.63. The highest BCUT2D eigenvalue weighted by Crippen LogP contribution is 2.38. The Labute approximate surface area is 144 Å². The first-order valence-corrected chi connectivity index (χ1v) is 8.07. The average Bonchev–Trinajstić information content (AvgIpc) is 2.98. The second kappa shape index (κ2) is 5.84. The van der Waals surface area contributed by atoms with Gasteiger partial charge in [0.25, 0.3) is 5.78 Å². The van der Waals surface area contributed by atoms with Crippen LogP contribution in [0.5, 0.6) is 11.5 Å². The molecule has 4 rings (SSSR count). The quantitative estimate of drug-likeness (QED) is 0.729. The zero-order valence-corrected chi connectivity index (χ0v) is 14.3. The SMILES string of the molecule is COc1ccc(C2CC(=O)c3cn4nc(C)nc4nc3C2)c(OC)c1. The van der Waals surface area contributed by atoms with Crippen LogP contribution >= 0.6 is 0 Å². The Morgan fingerprint density at radius 3 is 2.76 bits per heavy atom. The lowest BCUT2D eigenvalue weighted by Crippen LogP contribution is -2.21. The molecule has 1 aliphatic carbocycles. The maximum atomic E-state index is 12.7. The number of Topliss-reactive ketones (excluding diaryl/α,β-unsaturated/α-hetero) is 1. The Balaban J connectivity index is 1.76. The van der Waals surface area contributed by atoms with E-state index in [-0.39, 0.29) is 11.7 Å². The zero-order valence-electron chi connectivity index (χ0n) is 14.3. The van der Waals surface area contributed by atoms with E-state index in [0.29, 0.717) is 30.0 Å². The van der Waals surface area contributed by atoms with Crippen LogP contribution in [0.25, 0.3) is 5.78 Å². The van der Waals surface area contributed by atoms with E-state index >= 15 is 0 Å². The number of carbonyl (C=O) groups excluding carboxylic acids is 1. The molecule has 0 aliphatic heterocycles. The van der Waals surface area contributed by atoms with E-state index in [9.17, 15) is 4.79 Å². The van der Waals surface area contributed by atoms with E-state index in [1.165, 1.54) is 0 Å². The minimum atomic E-state index is 0.0137. The number of aromatic nitrogens is 4. The fraction of sp³-hybridized carbons (Fsp3) is 0.333. The van der Waals surface area contributed by atoms with E-state index in [2.05, 4.69) is 15.1 Å². The lowest BCUT2D eigenvalue weighted by Gasteiger charge is -2.24. The van der Waals surface area contributed by atoms with Crippen molar-refractivity contribution in [2.75, 3.05) is 14.2 Å². The summed E-state index contributed by atoms with van der Waals surface area (Å²) in [5.74, 6) is 2.68. The molecule has 25 heavy (non-hydrogen) atoms. The maximum Gasteiger partial charge on any atom is 0.252 e. The summed E-state index contributed by atoms with van der Waals surface area (Å²) in [4.78, 5) is 21.5. The van der Waals surface area contributed by atoms with Gasteiger partial charge in [-0.2, -0.15) is 10.1 Å². The molecule has 7 heteroatoms. The molecule has 1 aliphatic rings. The first-order valence-electron chi connectivity index (χ1n) is 8.07. The molecule has 0 radical (unpaired) electrons. The van der Waals surface area contributed by atoms with Crippen LogP contribution in [0.1, 0.15) is 39.8 Å². The molecule has 0 fully saturated rings. The van der Waals surface area contributed by atoms with Crippen molar-refractivity contribution in [3.8, 4) is 11.5 Å². The summed E-state index contributed by atoms with van der Waals surface area (Å²) in [7, 11) is 3.24. The molecule has 1 aromatic carbocycles. The molecule has 0 saturated carbocycles. The summed E-state index contributed by atoms with van der Waals surface area (Å²) in [6.07, 6.45) is 2.81.